The van der Waals surface area contributed by atoms with Gasteiger partial charge in [0, 0.05) is 6.54 Å². The predicted molar refractivity (Wildman–Crippen MR) is 83.8 cm³/mol. The Morgan fingerprint density at radius 1 is 1.20 bits per heavy atom. The molecule has 0 spiro atoms. The monoisotopic (exact) mass is 269 g/mol. The number of rotatable bonds is 4. The highest BCUT2D eigenvalue weighted by atomic mass is 15.0. The number of benzene rings is 1. The summed E-state index contributed by atoms with van der Waals surface area (Å²) in [4.78, 5) is 9.03. The Labute approximate surface area is 120 Å². The van der Waals surface area contributed by atoms with E-state index in [0.29, 0.717) is 0 Å². The molecule has 2 atom stereocenters. The summed E-state index contributed by atoms with van der Waals surface area (Å²) in [6.07, 6.45) is 8.70. The van der Waals surface area contributed by atoms with Gasteiger partial charge in [0.15, 0.2) is 0 Å². The Hall–Kier alpha value is -1.64. The molecule has 3 rings (SSSR count). The van der Waals surface area contributed by atoms with Gasteiger partial charge in [-0.15, -0.1) is 0 Å². The highest BCUT2D eigenvalue weighted by Crippen LogP contribution is 2.30. The van der Waals surface area contributed by atoms with E-state index in [0.717, 1.165) is 35.2 Å². The molecule has 1 heterocycles. The molecule has 0 amide bonds. The molecule has 1 saturated carbocycles. The van der Waals surface area contributed by atoms with E-state index >= 15 is 0 Å². The molecule has 1 aromatic heterocycles. The lowest BCUT2D eigenvalue weighted by molar-refractivity contribution is 0.274. The van der Waals surface area contributed by atoms with E-state index in [9.17, 15) is 0 Å². The third-order valence-electron chi connectivity index (χ3n) is 4.35. The third-order valence-corrected chi connectivity index (χ3v) is 4.35. The van der Waals surface area contributed by atoms with Crippen LogP contribution in [0.5, 0.6) is 0 Å². The predicted octanol–water partition coefficient (Wildman–Crippen LogP) is 4.26. The molecule has 3 heteroatoms. The normalized spacial score (nSPS) is 22.9. The minimum absolute atomic E-state index is 0.889. The SMILES string of the molecule is CC1CCCC(CCNc2cnc3ccccc3n2)C1. The fourth-order valence-corrected chi connectivity index (χ4v) is 3.27. The van der Waals surface area contributed by atoms with Crippen molar-refractivity contribution in [1.29, 1.82) is 0 Å². The van der Waals surface area contributed by atoms with Crippen LogP contribution in [0.4, 0.5) is 5.82 Å². The molecule has 1 aromatic carbocycles. The summed E-state index contributed by atoms with van der Waals surface area (Å²) in [7, 11) is 0. The molecule has 2 aromatic rings. The van der Waals surface area contributed by atoms with Crippen LogP contribution >= 0.6 is 0 Å². The maximum Gasteiger partial charge on any atom is 0.145 e. The van der Waals surface area contributed by atoms with Crippen LogP contribution in [0.3, 0.4) is 0 Å². The number of nitrogens with one attached hydrogen (secondary N) is 1. The van der Waals surface area contributed by atoms with Gasteiger partial charge in [0.1, 0.15) is 5.82 Å². The Balaban J connectivity index is 1.54. The summed E-state index contributed by atoms with van der Waals surface area (Å²) < 4.78 is 0. The maximum absolute atomic E-state index is 4.60. The first-order valence-electron chi connectivity index (χ1n) is 7.77. The van der Waals surface area contributed by atoms with Crippen LogP contribution in [-0.2, 0) is 0 Å². The van der Waals surface area contributed by atoms with E-state index in [1.807, 2.05) is 30.5 Å². The van der Waals surface area contributed by atoms with Crippen molar-refractivity contribution >= 4 is 16.9 Å². The van der Waals surface area contributed by atoms with E-state index in [4.69, 9.17) is 0 Å². The van der Waals surface area contributed by atoms with Gasteiger partial charge in [-0.25, -0.2) is 4.98 Å². The van der Waals surface area contributed by atoms with E-state index in [2.05, 4.69) is 22.2 Å². The quantitative estimate of drug-likeness (QED) is 0.901. The minimum Gasteiger partial charge on any atom is -0.369 e. The Kier molecular flexibility index (Phi) is 4.14. The van der Waals surface area contributed by atoms with Crippen LogP contribution in [0.25, 0.3) is 11.0 Å². The summed E-state index contributed by atoms with van der Waals surface area (Å²) in [5.74, 6) is 2.70. The summed E-state index contributed by atoms with van der Waals surface area (Å²) in [6.45, 7) is 3.39. The molecule has 0 saturated heterocycles. The van der Waals surface area contributed by atoms with Gasteiger partial charge in [-0.2, -0.15) is 0 Å². The van der Waals surface area contributed by atoms with Gasteiger partial charge in [-0.1, -0.05) is 38.3 Å². The van der Waals surface area contributed by atoms with Crippen molar-refractivity contribution in [2.24, 2.45) is 11.8 Å². The topological polar surface area (TPSA) is 37.8 Å². The van der Waals surface area contributed by atoms with Crippen molar-refractivity contribution in [3.05, 3.63) is 30.5 Å². The molecule has 1 fully saturated rings. The van der Waals surface area contributed by atoms with Gasteiger partial charge in [-0.3, -0.25) is 4.98 Å². The van der Waals surface area contributed by atoms with E-state index in [1.165, 1.54) is 32.1 Å². The van der Waals surface area contributed by atoms with Gasteiger partial charge < -0.3 is 5.32 Å². The number of hydrogen-bond acceptors (Lipinski definition) is 3. The molecular weight excluding hydrogens is 246 g/mol. The summed E-state index contributed by atoms with van der Waals surface area (Å²) in [5, 5.41) is 3.43. The lowest BCUT2D eigenvalue weighted by Crippen LogP contribution is -2.16. The van der Waals surface area contributed by atoms with Crippen molar-refractivity contribution < 1.29 is 0 Å². The second-order valence-corrected chi connectivity index (χ2v) is 6.10. The van der Waals surface area contributed by atoms with Crippen LogP contribution in [0.1, 0.15) is 39.0 Å². The second kappa shape index (κ2) is 6.21. The fraction of sp³-hybridized carbons (Fsp3) is 0.529. The van der Waals surface area contributed by atoms with Crippen LogP contribution < -0.4 is 5.32 Å². The third kappa shape index (κ3) is 3.27. The van der Waals surface area contributed by atoms with Crippen molar-refractivity contribution in [2.75, 3.05) is 11.9 Å². The number of para-hydroxylation sites is 2. The average Bonchev–Trinajstić information content (AvgIpc) is 2.47. The first kappa shape index (κ1) is 13.3. The van der Waals surface area contributed by atoms with Crippen LogP contribution in [0.15, 0.2) is 30.5 Å². The number of aromatic nitrogens is 2. The van der Waals surface area contributed by atoms with Gasteiger partial charge in [0.25, 0.3) is 0 Å². The molecule has 2 unspecified atom stereocenters. The fourth-order valence-electron chi connectivity index (χ4n) is 3.27. The number of nitrogens with zero attached hydrogens (tertiary/aromatic N) is 2. The van der Waals surface area contributed by atoms with Crippen LogP contribution in [0.2, 0.25) is 0 Å². The highest BCUT2D eigenvalue weighted by molar-refractivity contribution is 5.75. The zero-order valence-electron chi connectivity index (χ0n) is 12.2. The van der Waals surface area contributed by atoms with Crippen molar-refractivity contribution in [3.8, 4) is 0 Å². The molecule has 0 bridgehead atoms. The number of fused-ring (bicyclic) bond motifs is 1. The Bertz CT molecular complexity index is 567. The standard InChI is InChI=1S/C17H23N3/c1-13-5-4-6-14(11-13)9-10-18-17-12-19-15-7-2-3-8-16(15)20-17/h2-3,7-8,12-14H,4-6,9-11H2,1H3,(H,18,20). The number of anilines is 1. The Morgan fingerprint density at radius 3 is 2.90 bits per heavy atom. The van der Waals surface area contributed by atoms with Gasteiger partial charge >= 0.3 is 0 Å². The maximum atomic E-state index is 4.60. The van der Waals surface area contributed by atoms with Gasteiger partial charge in [-0.05, 0) is 36.8 Å². The highest BCUT2D eigenvalue weighted by Gasteiger charge is 2.18. The lowest BCUT2D eigenvalue weighted by Gasteiger charge is -2.26. The first-order chi connectivity index (χ1) is 9.81. The lowest BCUT2D eigenvalue weighted by atomic mass is 9.81. The van der Waals surface area contributed by atoms with E-state index in [-0.39, 0.29) is 0 Å². The molecule has 1 aliphatic carbocycles. The molecular formula is C17H23N3. The van der Waals surface area contributed by atoms with Gasteiger partial charge in [0.2, 0.25) is 0 Å². The summed E-state index contributed by atoms with van der Waals surface area (Å²) >= 11 is 0. The van der Waals surface area contributed by atoms with E-state index < -0.39 is 0 Å². The molecule has 106 valence electrons. The molecule has 0 aliphatic heterocycles. The largest absolute Gasteiger partial charge is 0.369 e. The smallest absolute Gasteiger partial charge is 0.145 e. The zero-order chi connectivity index (χ0) is 13.8. The van der Waals surface area contributed by atoms with Gasteiger partial charge in [0.05, 0.1) is 17.2 Å². The molecule has 1 N–H and O–H groups in total. The second-order valence-electron chi connectivity index (χ2n) is 6.10. The molecule has 1 aliphatic rings. The van der Waals surface area contributed by atoms with Crippen molar-refractivity contribution in [2.45, 2.75) is 39.0 Å². The average molecular weight is 269 g/mol. The summed E-state index contributed by atoms with van der Waals surface area (Å²) in [6, 6.07) is 8.00. The summed E-state index contributed by atoms with van der Waals surface area (Å²) in [5.41, 5.74) is 1.92. The van der Waals surface area contributed by atoms with Crippen molar-refractivity contribution in [3.63, 3.8) is 0 Å². The van der Waals surface area contributed by atoms with Crippen molar-refractivity contribution in [1.82, 2.24) is 9.97 Å². The van der Waals surface area contributed by atoms with E-state index in [1.54, 1.807) is 0 Å². The number of hydrogen-bond donors (Lipinski definition) is 1. The Morgan fingerprint density at radius 2 is 2.05 bits per heavy atom. The van der Waals surface area contributed by atoms with Crippen LogP contribution in [0, 0.1) is 11.8 Å². The molecule has 0 radical (unpaired) electrons. The molecule has 20 heavy (non-hydrogen) atoms. The van der Waals surface area contributed by atoms with Crippen LogP contribution in [-0.4, -0.2) is 16.5 Å². The minimum atomic E-state index is 0.889. The molecule has 3 nitrogen and oxygen atoms in total. The first-order valence-corrected chi connectivity index (χ1v) is 7.77. The zero-order valence-corrected chi connectivity index (χ0v) is 12.2.